The van der Waals surface area contributed by atoms with Crippen LogP contribution in [0.15, 0.2) is 42.7 Å². The number of nitrogens with zero attached hydrogens (tertiary/aromatic N) is 2. The van der Waals surface area contributed by atoms with E-state index in [0.717, 1.165) is 11.1 Å². The fourth-order valence-corrected chi connectivity index (χ4v) is 3.05. The number of benzene rings is 1. The molecule has 2 unspecified atom stereocenters. The van der Waals surface area contributed by atoms with Gasteiger partial charge in [0, 0.05) is 18.3 Å². The molecule has 26 heavy (non-hydrogen) atoms. The van der Waals surface area contributed by atoms with E-state index in [0.29, 0.717) is 23.6 Å². The first kappa shape index (κ1) is 16.7. The van der Waals surface area contributed by atoms with Crippen LogP contribution in [0.3, 0.4) is 0 Å². The van der Waals surface area contributed by atoms with Crippen molar-refractivity contribution in [2.45, 2.75) is 19.1 Å². The molecule has 134 valence electrons. The van der Waals surface area contributed by atoms with Crippen LogP contribution in [0.25, 0.3) is 16.8 Å². The number of imidazole rings is 1. The topological polar surface area (TPSA) is 58.4 Å². The summed E-state index contributed by atoms with van der Waals surface area (Å²) >= 11 is 0. The van der Waals surface area contributed by atoms with E-state index in [9.17, 15) is 13.6 Å². The SMILES string of the molecule is CNCc1c(F)cccc1-c1ccc2nc(NC(=O)C3CC3F)cn2c1. The van der Waals surface area contributed by atoms with Gasteiger partial charge in [-0.3, -0.25) is 4.79 Å². The lowest BCUT2D eigenvalue weighted by molar-refractivity contribution is -0.117. The van der Waals surface area contributed by atoms with E-state index in [2.05, 4.69) is 15.6 Å². The van der Waals surface area contributed by atoms with E-state index in [1.165, 1.54) is 6.07 Å². The van der Waals surface area contributed by atoms with Crippen molar-refractivity contribution < 1.29 is 13.6 Å². The van der Waals surface area contributed by atoms with Crippen molar-refractivity contribution in [3.8, 4) is 11.1 Å². The minimum absolute atomic E-state index is 0.263. The summed E-state index contributed by atoms with van der Waals surface area (Å²) in [5.74, 6) is -0.795. The second kappa shape index (κ2) is 6.49. The van der Waals surface area contributed by atoms with Gasteiger partial charge in [0.1, 0.15) is 17.6 Å². The quantitative estimate of drug-likeness (QED) is 0.738. The first-order chi connectivity index (χ1) is 12.6. The average Bonchev–Trinajstić information content (AvgIpc) is 3.22. The lowest BCUT2D eigenvalue weighted by Gasteiger charge is -2.11. The van der Waals surface area contributed by atoms with Crippen LogP contribution in [0.2, 0.25) is 0 Å². The highest BCUT2D eigenvalue weighted by molar-refractivity contribution is 5.94. The van der Waals surface area contributed by atoms with Gasteiger partial charge in [0.2, 0.25) is 5.91 Å². The van der Waals surface area contributed by atoms with Gasteiger partial charge in [-0.2, -0.15) is 0 Å². The van der Waals surface area contributed by atoms with Gasteiger partial charge < -0.3 is 15.0 Å². The molecular weight excluding hydrogens is 338 g/mol. The maximum Gasteiger partial charge on any atom is 0.231 e. The fourth-order valence-electron chi connectivity index (χ4n) is 3.05. The van der Waals surface area contributed by atoms with Crippen molar-refractivity contribution in [2.24, 2.45) is 5.92 Å². The predicted molar refractivity (Wildman–Crippen MR) is 95.0 cm³/mol. The molecule has 1 saturated carbocycles. The Labute approximate surface area is 149 Å². The minimum Gasteiger partial charge on any atom is -0.316 e. The molecule has 2 aromatic heterocycles. The smallest absolute Gasteiger partial charge is 0.231 e. The highest BCUT2D eigenvalue weighted by Gasteiger charge is 2.43. The van der Waals surface area contributed by atoms with Crippen molar-refractivity contribution in [1.29, 1.82) is 0 Å². The lowest BCUT2D eigenvalue weighted by atomic mass is 10.0. The Bertz CT molecular complexity index is 985. The largest absolute Gasteiger partial charge is 0.316 e. The Morgan fingerprint density at radius 3 is 2.85 bits per heavy atom. The zero-order valence-electron chi connectivity index (χ0n) is 14.2. The molecule has 0 saturated heterocycles. The molecule has 5 nitrogen and oxygen atoms in total. The molecule has 1 amide bonds. The van der Waals surface area contributed by atoms with Crippen LogP contribution in [0.4, 0.5) is 14.6 Å². The van der Waals surface area contributed by atoms with E-state index in [1.54, 1.807) is 29.8 Å². The van der Waals surface area contributed by atoms with Gasteiger partial charge in [-0.1, -0.05) is 12.1 Å². The molecule has 1 fully saturated rings. The summed E-state index contributed by atoms with van der Waals surface area (Å²) < 4.78 is 28.9. The number of nitrogens with one attached hydrogen (secondary N) is 2. The van der Waals surface area contributed by atoms with Crippen LogP contribution in [-0.2, 0) is 11.3 Å². The number of halogens is 2. The Hall–Kier alpha value is -2.80. The van der Waals surface area contributed by atoms with E-state index >= 15 is 0 Å². The number of carbonyl (C=O) groups excluding carboxylic acids is 1. The van der Waals surface area contributed by atoms with Gasteiger partial charge in [0.05, 0.1) is 12.1 Å². The van der Waals surface area contributed by atoms with Crippen LogP contribution >= 0.6 is 0 Å². The molecule has 0 aliphatic heterocycles. The van der Waals surface area contributed by atoms with Gasteiger partial charge in [0.15, 0.2) is 5.82 Å². The van der Waals surface area contributed by atoms with Crippen molar-refractivity contribution in [3.05, 3.63) is 54.1 Å². The van der Waals surface area contributed by atoms with E-state index in [-0.39, 0.29) is 18.1 Å². The van der Waals surface area contributed by atoms with Gasteiger partial charge >= 0.3 is 0 Å². The first-order valence-corrected chi connectivity index (χ1v) is 8.43. The molecule has 4 rings (SSSR count). The summed E-state index contributed by atoms with van der Waals surface area (Å²) in [4.78, 5) is 16.2. The third-order valence-electron chi connectivity index (χ3n) is 4.54. The first-order valence-electron chi connectivity index (χ1n) is 8.43. The number of amides is 1. The number of fused-ring (bicyclic) bond motifs is 1. The minimum atomic E-state index is -1.04. The standard InChI is InChI=1S/C19H18F2N4O/c1-22-8-14-12(3-2-4-15(14)20)11-5-6-18-23-17(10-25(18)9-11)24-19(26)13-7-16(13)21/h2-6,9-10,13,16,22H,7-8H2,1H3,(H,24,26). The molecule has 0 spiro atoms. The number of aromatic nitrogens is 2. The van der Waals surface area contributed by atoms with Crippen molar-refractivity contribution >= 4 is 17.4 Å². The van der Waals surface area contributed by atoms with Crippen molar-refractivity contribution in [3.63, 3.8) is 0 Å². The van der Waals surface area contributed by atoms with Crippen molar-refractivity contribution in [2.75, 3.05) is 12.4 Å². The molecule has 2 atom stereocenters. The molecule has 3 aromatic rings. The molecule has 2 N–H and O–H groups in total. The molecule has 1 aliphatic rings. The van der Waals surface area contributed by atoms with Crippen LogP contribution in [0.1, 0.15) is 12.0 Å². The second-order valence-corrected chi connectivity index (χ2v) is 6.45. The van der Waals surface area contributed by atoms with E-state index in [1.807, 2.05) is 18.3 Å². The highest BCUT2D eigenvalue weighted by Crippen LogP contribution is 2.34. The summed E-state index contributed by atoms with van der Waals surface area (Å²) in [5.41, 5.74) is 2.86. The molecule has 7 heteroatoms. The lowest BCUT2D eigenvalue weighted by Crippen LogP contribution is -2.15. The predicted octanol–water partition coefficient (Wildman–Crippen LogP) is 3.16. The monoisotopic (exact) mass is 356 g/mol. The Morgan fingerprint density at radius 2 is 2.12 bits per heavy atom. The molecule has 1 aromatic carbocycles. The summed E-state index contributed by atoms with van der Waals surface area (Å²) in [6, 6.07) is 8.64. The second-order valence-electron chi connectivity index (χ2n) is 6.45. The van der Waals surface area contributed by atoms with E-state index in [4.69, 9.17) is 0 Å². The van der Waals surface area contributed by atoms with Crippen LogP contribution in [-0.4, -0.2) is 28.5 Å². The third kappa shape index (κ3) is 3.06. The normalized spacial score (nSPS) is 18.9. The zero-order valence-corrected chi connectivity index (χ0v) is 14.2. The summed E-state index contributed by atoms with van der Waals surface area (Å²) in [6.45, 7) is 0.414. The Balaban J connectivity index is 1.66. The molecule has 2 heterocycles. The summed E-state index contributed by atoms with van der Waals surface area (Å²) in [5, 5.41) is 5.62. The number of hydrogen-bond acceptors (Lipinski definition) is 3. The number of anilines is 1. The van der Waals surface area contributed by atoms with Gasteiger partial charge in [0.25, 0.3) is 0 Å². The number of rotatable bonds is 5. The molecule has 1 aliphatic carbocycles. The van der Waals surface area contributed by atoms with Crippen LogP contribution in [0, 0.1) is 11.7 Å². The molecular formula is C19H18F2N4O. The Kier molecular flexibility index (Phi) is 4.16. The van der Waals surface area contributed by atoms with Gasteiger partial charge in [-0.05, 0) is 42.8 Å². The molecule has 0 radical (unpaired) electrons. The maximum absolute atomic E-state index is 14.2. The van der Waals surface area contributed by atoms with E-state index < -0.39 is 12.1 Å². The number of pyridine rings is 1. The molecule has 0 bridgehead atoms. The highest BCUT2D eigenvalue weighted by atomic mass is 19.1. The Morgan fingerprint density at radius 1 is 1.31 bits per heavy atom. The van der Waals surface area contributed by atoms with Gasteiger partial charge in [-0.25, -0.2) is 13.8 Å². The van der Waals surface area contributed by atoms with Gasteiger partial charge in [-0.15, -0.1) is 0 Å². The average molecular weight is 356 g/mol. The van der Waals surface area contributed by atoms with Crippen molar-refractivity contribution in [1.82, 2.24) is 14.7 Å². The van der Waals surface area contributed by atoms with Crippen LogP contribution < -0.4 is 10.6 Å². The summed E-state index contributed by atoms with van der Waals surface area (Å²) in [7, 11) is 1.77. The van der Waals surface area contributed by atoms with Crippen LogP contribution in [0.5, 0.6) is 0 Å². The number of carbonyl (C=O) groups is 1. The number of alkyl halides is 1. The fraction of sp³-hybridized carbons (Fsp3) is 0.263. The zero-order chi connectivity index (χ0) is 18.3. The number of hydrogen-bond donors (Lipinski definition) is 2. The summed E-state index contributed by atoms with van der Waals surface area (Å²) in [6.07, 6.45) is 2.74. The maximum atomic E-state index is 14.2. The third-order valence-corrected chi connectivity index (χ3v) is 4.54.